The first-order chi connectivity index (χ1) is 9.97. The lowest BCUT2D eigenvalue weighted by Crippen LogP contribution is -2.43. The van der Waals surface area contributed by atoms with Crippen LogP contribution < -0.4 is 5.32 Å². The van der Waals surface area contributed by atoms with Gasteiger partial charge in [0.15, 0.2) is 0 Å². The number of rotatable bonds is 7. The van der Waals surface area contributed by atoms with E-state index in [0.29, 0.717) is 24.5 Å². The monoisotopic (exact) mass is 295 g/mol. The predicted molar refractivity (Wildman–Crippen MR) is 78.3 cm³/mol. The number of likely N-dealkylation sites (N-methyl/N-ethyl adjacent to an activating group) is 1. The highest BCUT2D eigenvalue weighted by Gasteiger charge is 2.18. The van der Waals surface area contributed by atoms with Crippen molar-refractivity contribution >= 4 is 17.7 Å². The maximum absolute atomic E-state index is 12.2. The van der Waals surface area contributed by atoms with Crippen LogP contribution in [0.3, 0.4) is 0 Å². The van der Waals surface area contributed by atoms with Gasteiger partial charge in [-0.2, -0.15) is 0 Å². The molecule has 2 N–H and O–H groups in total. The largest absolute Gasteiger partial charge is 0.481 e. The SMILES string of the molecule is CCN(C(=O)Nc1ccc(CC(=O)O)nc1)C(C)COC. The van der Waals surface area contributed by atoms with Crippen LogP contribution in [0.5, 0.6) is 0 Å². The topological polar surface area (TPSA) is 91.8 Å². The van der Waals surface area contributed by atoms with Crippen molar-refractivity contribution in [2.75, 3.05) is 25.6 Å². The smallest absolute Gasteiger partial charge is 0.322 e. The molecule has 0 aliphatic rings. The van der Waals surface area contributed by atoms with Gasteiger partial charge in [0.05, 0.1) is 36.6 Å². The van der Waals surface area contributed by atoms with E-state index in [1.54, 1.807) is 24.1 Å². The zero-order valence-electron chi connectivity index (χ0n) is 12.5. The second kappa shape index (κ2) is 8.21. The van der Waals surface area contributed by atoms with Crippen molar-refractivity contribution in [3.05, 3.63) is 24.0 Å². The highest BCUT2D eigenvalue weighted by molar-refractivity contribution is 5.89. The summed E-state index contributed by atoms with van der Waals surface area (Å²) in [5.41, 5.74) is 0.970. The molecule has 1 heterocycles. The molecule has 1 atom stereocenters. The molecule has 0 aliphatic heterocycles. The number of carboxylic acids is 1. The third kappa shape index (κ3) is 5.39. The number of nitrogens with one attached hydrogen (secondary N) is 1. The molecule has 1 unspecified atom stereocenters. The van der Waals surface area contributed by atoms with Crippen molar-refractivity contribution in [3.8, 4) is 0 Å². The number of ether oxygens (including phenoxy) is 1. The second-order valence-corrected chi connectivity index (χ2v) is 4.63. The number of anilines is 1. The fourth-order valence-corrected chi connectivity index (χ4v) is 1.94. The average molecular weight is 295 g/mol. The number of pyridine rings is 1. The Morgan fingerprint density at radius 2 is 2.19 bits per heavy atom. The van der Waals surface area contributed by atoms with E-state index in [1.165, 1.54) is 6.20 Å². The summed E-state index contributed by atoms with van der Waals surface area (Å²) in [6.45, 7) is 4.80. The normalized spacial score (nSPS) is 11.8. The summed E-state index contributed by atoms with van der Waals surface area (Å²) in [6.07, 6.45) is 1.31. The van der Waals surface area contributed by atoms with E-state index in [1.807, 2.05) is 13.8 Å². The Bertz CT molecular complexity index is 476. The zero-order valence-corrected chi connectivity index (χ0v) is 12.5. The Kier molecular flexibility index (Phi) is 6.61. The summed E-state index contributed by atoms with van der Waals surface area (Å²) in [5, 5.41) is 11.4. The van der Waals surface area contributed by atoms with Crippen LogP contribution in [0, 0.1) is 0 Å². The van der Waals surface area contributed by atoms with Crippen LogP contribution in [0.1, 0.15) is 19.5 Å². The van der Waals surface area contributed by atoms with Crippen molar-refractivity contribution in [1.82, 2.24) is 9.88 Å². The minimum atomic E-state index is -0.940. The Labute approximate surface area is 123 Å². The first-order valence-corrected chi connectivity index (χ1v) is 6.71. The zero-order chi connectivity index (χ0) is 15.8. The van der Waals surface area contributed by atoms with Crippen molar-refractivity contribution in [3.63, 3.8) is 0 Å². The van der Waals surface area contributed by atoms with Crippen LogP contribution in [0.25, 0.3) is 0 Å². The number of urea groups is 1. The van der Waals surface area contributed by atoms with Gasteiger partial charge in [-0.1, -0.05) is 0 Å². The summed E-state index contributed by atoms with van der Waals surface area (Å²) >= 11 is 0. The standard InChI is InChI=1S/C14H21N3O4/c1-4-17(10(2)9-21-3)14(20)16-12-6-5-11(15-8-12)7-13(18)19/h5-6,8,10H,4,7,9H2,1-3H3,(H,16,20)(H,18,19). The van der Waals surface area contributed by atoms with Gasteiger partial charge in [-0.15, -0.1) is 0 Å². The maximum atomic E-state index is 12.2. The van der Waals surface area contributed by atoms with E-state index < -0.39 is 5.97 Å². The van der Waals surface area contributed by atoms with Crippen LogP contribution in [0.4, 0.5) is 10.5 Å². The molecule has 7 heteroatoms. The Morgan fingerprint density at radius 1 is 1.48 bits per heavy atom. The molecule has 0 saturated heterocycles. The van der Waals surface area contributed by atoms with Gasteiger partial charge in [0.25, 0.3) is 0 Å². The van der Waals surface area contributed by atoms with E-state index in [-0.39, 0.29) is 18.5 Å². The van der Waals surface area contributed by atoms with Crippen LogP contribution in [-0.2, 0) is 16.0 Å². The van der Waals surface area contributed by atoms with Crippen LogP contribution in [-0.4, -0.2) is 53.3 Å². The molecule has 2 amide bonds. The molecule has 7 nitrogen and oxygen atoms in total. The van der Waals surface area contributed by atoms with Crippen LogP contribution in [0.15, 0.2) is 18.3 Å². The molecule has 0 saturated carbocycles. The molecule has 0 aliphatic carbocycles. The number of aromatic nitrogens is 1. The molecule has 21 heavy (non-hydrogen) atoms. The minimum absolute atomic E-state index is 0.0424. The highest BCUT2D eigenvalue weighted by Crippen LogP contribution is 2.09. The lowest BCUT2D eigenvalue weighted by Gasteiger charge is -2.27. The van der Waals surface area contributed by atoms with Gasteiger partial charge in [-0.25, -0.2) is 4.79 Å². The number of nitrogens with zero attached hydrogens (tertiary/aromatic N) is 2. The molecule has 0 fully saturated rings. The average Bonchev–Trinajstić information content (AvgIpc) is 2.41. The van der Waals surface area contributed by atoms with Gasteiger partial charge in [-0.05, 0) is 26.0 Å². The first kappa shape index (κ1) is 16.9. The van der Waals surface area contributed by atoms with Gasteiger partial charge in [0.1, 0.15) is 0 Å². The third-order valence-corrected chi connectivity index (χ3v) is 2.95. The molecule has 0 bridgehead atoms. The van der Waals surface area contributed by atoms with E-state index in [9.17, 15) is 9.59 Å². The number of aliphatic carboxylic acids is 1. The summed E-state index contributed by atoms with van der Waals surface area (Å²) in [4.78, 5) is 28.4. The van der Waals surface area contributed by atoms with Crippen molar-refractivity contribution in [2.24, 2.45) is 0 Å². The number of hydrogen-bond acceptors (Lipinski definition) is 4. The number of methoxy groups -OCH3 is 1. The highest BCUT2D eigenvalue weighted by atomic mass is 16.5. The summed E-state index contributed by atoms with van der Waals surface area (Å²) in [5.74, 6) is -0.940. The predicted octanol–water partition coefficient (Wildman–Crippen LogP) is 1.60. The number of carbonyl (C=O) groups is 2. The van der Waals surface area contributed by atoms with Crippen LogP contribution >= 0.6 is 0 Å². The first-order valence-electron chi connectivity index (χ1n) is 6.71. The molecule has 116 valence electrons. The summed E-state index contributed by atoms with van der Waals surface area (Å²) < 4.78 is 5.05. The summed E-state index contributed by atoms with van der Waals surface area (Å²) in [7, 11) is 1.59. The van der Waals surface area contributed by atoms with E-state index in [2.05, 4.69) is 10.3 Å². The maximum Gasteiger partial charge on any atom is 0.322 e. The Morgan fingerprint density at radius 3 is 2.67 bits per heavy atom. The van der Waals surface area contributed by atoms with Gasteiger partial charge in [-0.3, -0.25) is 9.78 Å². The lowest BCUT2D eigenvalue weighted by molar-refractivity contribution is -0.136. The molecule has 0 aromatic carbocycles. The molecular weight excluding hydrogens is 274 g/mol. The third-order valence-electron chi connectivity index (χ3n) is 2.95. The van der Waals surface area contributed by atoms with Gasteiger partial charge < -0.3 is 20.1 Å². The Hall–Kier alpha value is -2.15. The van der Waals surface area contributed by atoms with Gasteiger partial charge in [0.2, 0.25) is 0 Å². The van der Waals surface area contributed by atoms with E-state index in [0.717, 1.165) is 0 Å². The quantitative estimate of drug-likeness (QED) is 0.797. The van der Waals surface area contributed by atoms with Gasteiger partial charge in [0, 0.05) is 13.7 Å². The van der Waals surface area contributed by atoms with E-state index >= 15 is 0 Å². The molecule has 1 rings (SSSR count). The van der Waals surface area contributed by atoms with Crippen molar-refractivity contribution < 1.29 is 19.4 Å². The van der Waals surface area contributed by atoms with Gasteiger partial charge >= 0.3 is 12.0 Å². The van der Waals surface area contributed by atoms with Crippen molar-refractivity contribution in [2.45, 2.75) is 26.3 Å². The summed E-state index contributed by atoms with van der Waals surface area (Å²) in [6, 6.07) is 2.94. The van der Waals surface area contributed by atoms with E-state index in [4.69, 9.17) is 9.84 Å². The van der Waals surface area contributed by atoms with Crippen LogP contribution in [0.2, 0.25) is 0 Å². The molecule has 0 spiro atoms. The number of amides is 2. The molecule has 0 radical (unpaired) electrons. The Balaban J connectivity index is 2.66. The number of hydrogen-bond donors (Lipinski definition) is 2. The number of carboxylic acid groups (broad SMARTS) is 1. The van der Waals surface area contributed by atoms with Crippen molar-refractivity contribution in [1.29, 1.82) is 0 Å². The fourth-order valence-electron chi connectivity index (χ4n) is 1.94. The molecule has 1 aromatic heterocycles. The molecule has 1 aromatic rings. The lowest BCUT2D eigenvalue weighted by atomic mass is 10.2. The molecular formula is C14H21N3O4. The number of carbonyl (C=O) groups excluding carboxylic acids is 1. The fraction of sp³-hybridized carbons (Fsp3) is 0.500. The second-order valence-electron chi connectivity index (χ2n) is 4.63. The minimum Gasteiger partial charge on any atom is -0.481 e.